The molecule has 0 radical (unpaired) electrons. The van der Waals surface area contributed by atoms with Crippen LogP contribution < -0.4 is 0 Å². The normalized spacial score (nSPS) is 11.5. The molecule has 0 unspecified atom stereocenters. The molecule has 1 aromatic heterocycles. The average Bonchev–Trinajstić information content (AvgIpc) is 2.62. The van der Waals surface area contributed by atoms with Gasteiger partial charge < -0.3 is 4.74 Å². The first kappa shape index (κ1) is 17.0. The van der Waals surface area contributed by atoms with E-state index >= 15 is 0 Å². The maximum Gasteiger partial charge on any atom is 0.145 e. The first-order chi connectivity index (χ1) is 11.7. The second-order valence-corrected chi connectivity index (χ2v) is 6.24. The Hall–Kier alpha value is -1.87. The molecule has 2 aromatic carbocycles. The quantitative estimate of drug-likeness (QED) is 0.582. The molecule has 0 aliphatic carbocycles. The highest BCUT2D eigenvalue weighted by molar-refractivity contribution is 6.30. The highest BCUT2D eigenvalue weighted by Gasteiger charge is 2.37. The highest BCUT2D eigenvalue weighted by Crippen LogP contribution is 2.40. The second-order valence-electron chi connectivity index (χ2n) is 5.37. The summed E-state index contributed by atoms with van der Waals surface area (Å²) in [4.78, 5) is 4.29. The van der Waals surface area contributed by atoms with E-state index in [0.29, 0.717) is 16.7 Å². The predicted octanol–water partition coefficient (Wildman–Crippen LogP) is 5.72. The molecular formula is C20H17Cl2NO. The summed E-state index contributed by atoms with van der Waals surface area (Å²) in [6, 6.07) is 19.4. The van der Waals surface area contributed by atoms with Crippen molar-refractivity contribution in [1.82, 2.24) is 4.98 Å². The van der Waals surface area contributed by atoms with E-state index in [2.05, 4.69) is 4.98 Å². The minimum absolute atomic E-state index is 0.542. The van der Waals surface area contributed by atoms with Crippen LogP contribution in [-0.2, 0) is 10.3 Å². The summed E-state index contributed by atoms with van der Waals surface area (Å²) in [5.41, 5.74) is 2.17. The molecule has 4 heteroatoms. The lowest BCUT2D eigenvalue weighted by atomic mass is 9.80. The van der Waals surface area contributed by atoms with Crippen molar-refractivity contribution in [2.75, 3.05) is 6.61 Å². The molecule has 1 heterocycles. The lowest BCUT2D eigenvalue weighted by Crippen LogP contribution is -2.33. The molecule has 0 aliphatic heterocycles. The highest BCUT2D eigenvalue weighted by atomic mass is 35.5. The summed E-state index contributed by atoms with van der Waals surface area (Å²) < 4.78 is 6.34. The number of aromatic nitrogens is 1. The standard InChI is InChI=1S/C20H17Cl2NO/c1-2-24-20(17-4-3-13-23-14-17,15-5-9-18(21)10-6-15)16-7-11-19(22)12-8-16/h3-14H,2H2,1H3. The smallest absolute Gasteiger partial charge is 0.145 e. The first-order valence-corrected chi connectivity index (χ1v) is 8.49. The number of hydrogen-bond donors (Lipinski definition) is 0. The second kappa shape index (κ2) is 7.35. The minimum atomic E-state index is -0.766. The van der Waals surface area contributed by atoms with Gasteiger partial charge in [0.15, 0.2) is 0 Å². The molecule has 3 aromatic rings. The van der Waals surface area contributed by atoms with Gasteiger partial charge in [0.05, 0.1) is 0 Å². The summed E-state index contributed by atoms with van der Waals surface area (Å²) in [5.74, 6) is 0. The van der Waals surface area contributed by atoms with Crippen LogP contribution in [0.3, 0.4) is 0 Å². The summed E-state index contributed by atoms with van der Waals surface area (Å²) in [6.45, 7) is 2.52. The number of ether oxygens (including phenoxy) is 1. The van der Waals surface area contributed by atoms with Gasteiger partial charge in [-0.25, -0.2) is 0 Å². The molecule has 0 spiro atoms. The summed E-state index contributed by atoms with van der Waals surface area (Å²) in [6.07, 6.45) is 3.59. The van der Waals surface area contributed by atoms with Crippen molar-refractivity contribution in [3.8, 4) is 0 Å². The molecule has 0 atom stereocenters. The number of pyridine rings is 1. The molecule has 0 amide bonds. The Labute approximate surface area is 152 Å². The molecule has 0 fully saturated rings. The third kappa shape index (κ3) is 3.18. The van der Waals surface area contributed by atoms with Crippen LogP contribution in [0, 0.1) is 0 Å². The molecular weight excluding hydrogens is 341 g/mol. The van der Waals surface area contributed by atoms with Crippen molar-refractivity contribution in [3.63, 3.8) is 0 Å². The average molecular weight is 358 g/mol. The minimum Gasteiger partial charge on any atom is -0.361 e. The zero-order valence-corrected chi connectivity index (χ0v) is 14.8. The molecule has 2 nitrogen and oxygen atoms in total. The monoisotopic (exact) mass is 357 g/mol. The topological polar surface area (TPSA) is 22.1 Å². The Bertz CT molecular complexity index is 741. The SMILES string of the molecule is CCOC(c1ccc(Cl)cc1)(c1ccc(Cl)cc1)c1cccnc1. The largest absolute Gasteiger partial charge is 0.361 e. The lowest BCUT2D eigenvalue weighted by molar-refractivity contribution is 0.0213. The van der Waals surface area contributed by atoms with E-state index in [9.17, 15) is 0 Å². The molecule has 0 bridgehead atoms. The van der Waals surface area contributed by atoms with Crippen molar-refractivity contribution in [1.29, 1.82) is 0 Å². The maximum atomic E-state index is 6.34. The van der Waals surface area contributed by atoms with E-state index < -0.39 is 5.60 Å². The predicted molar refractivity (Wildman–Crippen MR) is 98.6 cm³/mol. The van der Waals surface area contributed by atoms with Crippen LogP contribution >= 0.6 is 23.2 Å². The van der Waals surface area contributed by atoms with Gasteiger partial charge >= 0.3 is 0 Å². The fourth-order valence-electron chi connectivity index (χ4n) is 2.91. The zero-order chi connectivity index (χ0) is 17.0. The van der Waals surface area contributed by atoms with E-state index in [1.165, 1.54) is 0 Å². The van der Waals surface area contributed by atoms with E-state index in [-0.39, 0.29) is 0 Å². The van der Waals surface area contributed by atoms with Gasteiger partial charge in [-0.3, -0.25) is 4.98 Å². The van der Waals surface area contributed by atoms with Gasteiger partial charge in [-0.15, -0.1) is 0 Å². The van der Waals surface area contributed by atoms with Gasteiger partial charge in [-0.1, -0.05) is 53.5 Å². The van der Waals surface area contributed by atoms with Crippen LogP contribution in [0.25, 0.3) is 0 Å². The van der Waals surface area contributed by atoms with Gasteiger partial charge in [0.2, 0.25) is 0 Å². The van der Waals surface area contributed by atoms with Gasteiger partial charge in [0, 0.05) is 34.6 Å². The van der Waals surface area contributed by atoms with Crippen LogP contribution in [0.1, 0.15) is 23.6 Å². The molecule has 0 N–H and O–H groups in total. The van der Waals surface area contributed by atoms with Crippen molar-refractivity contribution in [3.05, 3.63) is 99.8 Å². The number of rotatable bonds is 5. The van der Waals surface area contributed by atoms with Crippen molar-refractivity contribution < 1.29 is 4.74 Å². The van der Waals surface area contributed by atoms with Gasteiger partial charge in [-0.05, 0) is 48.4 Å². The van der Waals surface area contributed by atoms with Crippen molar-refractivity contribution in [2.24, 2.45) is 0 Å². The Morgan fingerprint density at radius 1 is 0.833 bits per heavy atom. The van der Waals surface area contributed by atoms with Crippen LogP contribution in [0.5, 0.6) is 0 Å². The first-order valence-electron chi connectivity index (χ1n) is 7.73. The summed E-state index contributed by atoms with van der Waals surface area (Å²) in [5, 5.41) is 1.37. The van der Waals surface area contributed by atoms with Crippen LogP contribution in [0.4, 0.5) is 0 Å². The van der Waals surface area contributed by atoms with Crippen molar-refractivity contribution >= 4 is 23.2 Å². The van der Waals surface area contributed by atoms with Gasteiger partial charge in [-0.2, -0.15) is 0 Å². The van der Waals surface area contributed by atoms with Crippen molar-refractivity contribution in [2.45, 2.75) is 12.5 Å². The molecule has 24 heavy (non-hydrogen) atoms. The van der Waals surface area contributed by atoms with Crippen LogP contribution in [-0.4, -0.2) is 11.6 Å². The van der Waals surface area contributed by atoms with E-state index in [4.69, 9.17) is 27.9 Å². The van der Waals surface area contributed by atoms with E-state index in [0.717, 1.165) is 16.7 Å². The number of halogens is 2. The Balaban J connectivity index is 2.28. The molecule has 0 aliphatic rings. The van der Waals surface area contributed by atoms with E-state index in [1.54, 1.807) is 6.20 Å². The number of nitrogens with zero attached hydrogens (tertiary/aromatic N) is 1. The Kier molecular flexibility index (Phi) is 5.20. The zero-order valence-electron chi connectivity index (χ0n) is 13.2. The molecule has 3 rings (SSSR count). The summed E-state index contributed by atoms with van der Waals surface area (Å²) >= 11 is 12.2. The third-order valence-electron chi connectivity index (χ3n) is 3.93. The fraction of sp³-hybridized carbons (Fsp3) is 0.150. The lowest BCUT2D eigenvalue weighted by Gasteiger charge is -2.35. The molecule has 0 saturated heterocycles. The number of benzene rings is 2. The number of hydrogen-bond acceptors (Lipinski definition) is 2. The van der Waals surface area contributed by atoms with Gasteiger partial charge in [0.25, 0.3) is 0 Å². The summed E-state index contributed by atoms with van der Waals surface area (Å²) in [7, 11) is 0. The fourth-order valence-corrected chi connectivity index (χ4v) is 3.16. The maximum absolute atomic E-state index is 6.34. The molecule has 0 saturated carbocycles. The van der Waals surface area contributed by atoms with E-state index in [1.807, 2.05) is 73.8 Å². The van der Waals surface area contributed by atoms with Gasteiger partial charge in [0.1, 0.15) is 5.60 Å². The Morgan fingerprint density at radius 3 is 1.79 bits per heavy atom. The third-order valence-corrected chi connectivity index (χ3v) is 4.43. The van der Waals surface area contributed by atoms with Crippen LogP contribution in [0.15, 0.2) is 73.1 Å². The Morgan fingerprint density at radius 2 is 1.38 bits per heavy atom. The molecule has 122 valence electrons. The van der Waals surface area contributed by atoms with Crippen LogP contribution in [0.2, 0.25) is 10.0 Å².